The predicted molar refractivity (Wildman–Crippen MR) is 345 cm³/mol. The van der Waals surface area contributed by atoms with E-state index < -0.39 is 16.8 Å². The first kappa shape index (κ1) is 63.2. The molecule has 3 aromatic heterocycles. The Morgan fingerprint density at radius 2 is 0.798 bits per heavy atom. The van der Waals surface area contributed by atoms with Crippen molar-refractivity contribution in [2.24, 2.45) is 105 Å². The Morgan fingerprint density at radius 3 is 1.10 bits per heavy atom. The van der Waals surface area contributed by atoms with Gasteiger partial charge in [-0.05, 0) is 293 Å². The zero-order valence-electron chi connectivity index (χ0n) is 55.6. The summed E-state index contributed by atoms with van der Waals surface area (Å²) in [7, 11) is 0. The smallest absolute Gasteiger partial charge is 0.179 e. The largest absolute Gasteiger partial charge is 0.390 e. The Hall–Kier alpha value is -4.59. The van der Waals surface area contributed by atoms with Gasteiger partial charge in [0.25, 0.3) is 0 Å². The third kappa shape index (κ3) is 11.9. The maximum Gasteiger partial charge on any atom is 0.179 e. The quantitative estimate of drug-likeness (QED) is 0.130. The van der Waals surface area contributed by atoms with Gasteiger partial charge in [-0.25, -0.2) is 0 Å². The van der Waals surface area contributed by atoms with Crippen molar-refractivity contribution < 1.29 is 34.5 Å². The van der Waals surface area contributed by atoms with Crippen molar-refractivity contribution in [3.8, 4) is 0 Å². The summed E-state index contributed by atoms with van der Waals surface area (Å²) in [4.78, 5) is 51.3. The Labute approximate surface area is 531 Å². The molecule has 12 aliphatic carbocycles. The highest BCUT2D eigenvalue weighted by Crippen LogP contribution is 2.67. The van der Waals surface area contributed by atoms with Crippen LogP contribution in [0.25, 0.3) is 0 Å². The minimum absolute atomic E-state index is 0.0636. The minimum Gasteiger partial charge on any atom is -0.390 e. The van der Waals surface area contributed by atoms with Crippen LogP contribution in [-0.2, 0) is 34.0 Å². The van der Waals surface area contributed by atoms with E-state index in [-0.39, 0.29) is 52.1 Å². The van der Waals surface area contributed by atoms with Crippen LogP contribution >= 0.6 is 0 Å². The van der Waals surface area contributed by atoms with E-state index >= 15 is 0 Å². The van der Waals surface area contributed by atoms with Crippen LogP contribution in [0.1, 0.15) is 224 Å². The molecule has 0 saturated heterocycles. The first-order chi connectivity index (χ1) is 42.2. The second-order valence-corrected chi connectivity index (χ2v) is 33.6. The van der Waals surface area contributed by atoms with Crippen molar-refractivity contribution in [1.82, 2.24) is 29.3 Å². The average Bonchev–Trinajstić information content (AvgIpc) is 1.70. The number of nitrogens with zero attached hydrogens (tertiary/aromatic N) is 6. The van der Waals surface area contributed by atoms with Gasteiger partial charge < -0.3 is 15.3 Å². The van der Waals surface area contributed by atoms with Crippen molar-refractivity contribution in [3.05, 3.63) is 88.8 Å². The molecule has 3 aromatic rings. The number of aliphatic hydroxyl groups is 3. The van der Waals surface area contributed by atoms with E-state index in [2.05, 4.69) is 54.3 Å². The van der Waals surface area contributed by atoms with Crippen LogP contribution in [-0.4, -0.2) is 84.6 Å². The molecule has 0 bridgehead atoms. The van der Waals surface area contributed by atoms with E-state index in [0.717, 1.165) is 150 Å². The number of aryl methyl sites for hydroxylation is 2. The first-order valence-corrected chi connectivity index (χ1v) is 35.6. The topological polar surface area (TPSA) is 182 Å². The highest BCUT2D eigenvalue weighted by molar-refractivity contribution is 5.92. The Balaban J connectivity index is 0.000000123. The lowest BCUT2D eigenvalue weighted by atomic mass is 9.51. The van der Waals surface area contributed by atoms with Gasteiger partial charge in [-0.2, -0.15) is 15.3 Å². The molecule has 15 rings (SSSR count). The molecular weight excluding hydrogens is 1110 g/mol. The van der Waals surface area contributed by atoms with Crippen molar-refractivity contribution >= 4 is 23.1 Å². The molecule has 9 saturated carbocycles. The number of aromatic nitrogens is 6. The average molecular weight is 1220 g/mol. The Kier molecular flexibility index (Phi) is 16.9. The van der Waals surface area contributed by atoms with Gasteiger partial charge in [0.2, 0.25) is 0 Å². The molecule has 0 amide bonds. The second kappa shape index (κ2) is 23.8. The normalized spacial score (nSPS) is 43.1. The van der Waals surface area contributed by atoms with Gasteiger partial charge in [0, 0.05) is 43.3 Å². The number of carbonyl (C=O) groups excluding carboxylic acids is 4. The molecule has 0 aromatic carbocycles. The van der Waals surface area contributed by atoms with Gasteiger partial charge in [-0.1, -0.05) is 55.7 Å². The minimum atomic E-state index is -0.530. The van der Waals surface area contributed by atoms with E-state index in [0.29, 0.717) is 71.8 Å². The molecular formula is C76H108N6O7. The number of allylic oxidation sites excluding steroid dienone is 3. The molecule has 12 aliphatic rings. The van der Waals surface area contributed by atoms with Crippen molar-refractivity contribution in [2.75, 3.05) is 0 Å². The van der Waals surface area contributed by atoms with Crippen LogP contribution in [0.4, 0.5) is 0 Å². The van der Waals surface area contributed by atoms with E-state index in [1.165, 1.54) is 68.6 Å². The second-order valence-electron chi connectivity index (χ2n) is 33.6. The lowest BCUT2D eigenvalue weighted by Gasteiger charge is -2.54. The van der Waals surface area contributed by atoms with Gasteiger partial charge in [0.05, 0.1) is 48.8 Å². The molecule has 13 heteroatoms. The molecule has 9 fully saturated rings. The summed E-state index contributed by atoms with van der Waals surface area (Å²) in [6, 6.07) is 1.70. The number of ketones is 4. The molecule has 0 spiro atoms. The van der Waals surface area contributed by atoms with Gasteiger partial charge in [-0.3, -0.25) is 33.2 Å². The van der Waals surface area contributed by atoms with Crippen LogP contribution in [0, 0.1) is 119 Å². The van der Waals surface area contributed by atoms with Crippen LogP contribution < -0.4 is 0 Å². The maximum absolute atomic E-state index is 13.3. The van der Waals surface area contributed by atoms with Crippen LogP contribution in [0.5, 0.6) is 0 Å². The van der Waals surface area contributed by atoms with Crippen molar-refractivity contribution in [2.45, 2.75) is 253 Å². The number of fused-ring (bicyclic) bond motifs is 15. The lowest BCUT2D eigenvalue weighted by Crippen LogP contribution is -2.48. The van der Waals surface area contributed by atoms with Crippen LogP contribution in [0.2, 0.25) is 0 Å². The fourth-order valence-corrected chi connectivity index (χ4v) is 23.5. The molecule has 21 atom stereocenters. The summed E-state index contributed by atoms with van der Waals surface area (Å²) in [5.41, 5.74) is 6.09. The summed E-state index contributed by atoms with van der Waals surface area (Å²) >= 11 is 0. The first-order valence-electron chi connectivity index (χ1n) is 35.6. The summed E-state index contributed by atoms with van der Waals surface area (Å²) in [5.74, 6) is 9.86. The third-order valence-electron chi connectivity index (χ3n) is 27.8. The summed E-state index contributed by atoms with van der Waals surface area (Å²) in [6.45, 7) is 19.9. The number of hydrogen-bond donors (Lipinski definition) is 3. The molecule has 0 radical (unpaired) electrons. The molecule has 3 heterocycles. The number of carbonyl (C=O) groups is 4. The molecule has 0 unspecified atom stereocenters. The van der Waals surface area contributed by atoms with E-state index in [1.807, 2.05) is 68.8 Å². The predicted octanol–water partition coefficient (Wildman–Crippen LogP) is 14.0. The SMILES string of the molecule is CC(=O)c1ccn(CC(=O)[C@H]2CC[C@H]3[C@@H]4CC=C5C[C@](C)(O)CC[C@@H]5[C@H]4CC[C@]23C)n1.Cc1cnn(CC(=O)[C@H]2CC[C@H]3[C@@H]4CC=C5C[C@](C)(O)CC[C@@H]5[C@H]4CC[C@]23C)c1.Cc1cnn(CC(=O)[C@H]2CC[C@H]3[C@@H]4CC=C5C[C@](C)(O)CC[C@@H]5[C@H]4CC[C@]23C)c1. The fraction of sp³-hybridized carbons (Fsp3) is 0.750. The number of Topliss-reactive ketones (excluding diaryl/α,β-unsaturated/α-hetero) is 4. The Morgan fingerprint density at radius 1 is 0.461 bits per heavy atom. The molecule has 3 N–H and O–H groups in total. The highest BCUT2D eigenvalue weighted by atomic mass is 16.3. The van der Waals surface area contributed by atoms with Crippen LogP contribution in [0.15, 0.2) is 72.0 Å². The van der Waals surface area contributed by atoms with Gasteiger partial charge in [0.1, 0.15) is 5.69 Å². The Bertz CT molecular complexity index is 3140. The van der Waals surface area contributed by atoms with Gasteiger partial charge >= 0.3 is 0 Å². The number of hydrogen-bond acceptors (Lipinski definition) is 10. The number of rotatable bonds is 10. The molecule has 89 heavy (non-hydrogen) atoms. The fourth-order valence-electron chi connectivity index (χ4n) is 23.5. The maximum atomic E-state index is 13.3. The lowest BCUT2D eigenvalue weighted by molar-refractivity contribution is -0.130. The van der Waals surface area contributed by atoms with E-state index in [9.17, 15) is 34.5 Å². The zero-order valence-corrected chi connectivity index (χ0v) is 55.6. The molecule has 0 aliphatic heterocycles. The monoisotopic (exact) mass is 1220 g/mol. The van der Waals surface area contributed by atoms with E-state index in [4.69, 9.17) is 0 Å². The van der Waals surface area contributed by atoms with Gasteiger partial charge in [-0.15, -0.1) is 0 Å². The van der Waals surface area contributed by atoms with Gasteiger partial charge in [0.15, 0.2) is 23.1 Å². The van der Waals surface area contributed by atoms with Crippen molar-refractivity contribution in [3.63, 3.8) is 0 Å². The zero-order chi connectivity index (χ0) is 62.7. The van der Waals surface area contributed by atoms with E-state index in [1.54, 1.807) is 16.9 Å². The molecule has 484 valence electrons. The summed E-state index contributed by atoms with van der Waals surface area (Å²) < 4.78 is 5.29. The third-order valence-corrected chi connectivity index (χ3v) is 27.8. The highest BCUT2D eigenvalue weighted by Gasteiger charge is 2.61. The standard InChI is InChI=1S/C26H36N2O3.2C25H36N2O2/c1-16(29)23-10-13-28(27-23)15-24(30)22-7-6-21-20-5-4-17-14-25(2,31)11-8-18(17)19(20)9-12-26(21,22)3;2*1-16-13-26-27(14-16)15-23(28)22-7-6-21-20-5-4-17-12-24(2,29)10-8-18(17)19(20)9-11-25(21,22)3/h4,10,13,18-22,31H,5-9,11-12,14-15H2,1-3H3;2*4,13-14,18-22,29H,5-12,15H2,1-3H3/t18-,19+,20+,21-,22+,25+,26-;2*18-,19+,20+,21-,22+,24+,25-/m000/s1. The van der Waals surface area contributed by atoms with Crippen LogP contribution in [0.3, 0.4) is 0 Å². The molecule has 13 nitrogen and oxygen atoms in total. The summed E-state index contributed by atoms with van der Waals surface area (Å²) in [5, 5.41) is 44.6. The summed E-state index contributed by atoms with van der Waals surface area (Å²) in [6.07, 6.45) is 42.9. The van der Waals surface area contributed by atoms with Crippen molar-refractivity contribution in [1.29, 1.82) is 0 Å².